The Morgan fingerprint density at radius 1 is 1.12 bits per heavy atom. The van der Waals surface area contributed by atoms with Gasteiger partial charge in [0.15, 0.2) is 0 Å². The van der Waals surface area contributed by atoms with Crippen molar-refractivity contribution in [1.82, 2.24) is 4.90 Å². The summed E-state index contributed by atoms with van der Waals surface area (Å²) in [6.07, 6.45) is 0.434. The van der Waals surface area contributed by atoms with E-state index in [1.165, 1.54) is 18.7 Å². The second-order valence-corrected chi connectivity index (χ2v) is 6.49. The summed E-state index contributed by atoms with van der Waals surface area (Å²) in [6, 6.07) is 5.61. The number of anilines is 1. The van der Waals surface area contributed by atoms with Crippen molar-refractivity contribution in [2.75, 3.05) is 18.0 Å². The van der Waals surface area contributed by atoms with E-state index < -0.39 is 11.5 Å². The summed E-state index contributed by atoms with van der Waals surface area (Å²) < 4.78 is 0. The number of hydrogen-bond acceptors (Lipinski definition) is 3. The Balaban J connectivity index is 2.48. The van der Waals surface area contributed by atoms with Gasteiger partial charge in [0.05, 0.1) is 0 Å². The fourth-order valence-electron chi connectivity index (χ4n) is 3.48. The van der Waals surface area contributed by atoms with Gasteiger partial charge in [-0.15, -0.1) is 0 Å². The lowest BCUT2D eigenvalue weighted by Crippen LogP contribution is -2.62. The molecule has 1 aromatic carbocycles. The van der Waals surface area contributed by atoms with Crippen LogP contribution in [0.5, 0.6) is 0 Å². The third-order valence-electron chi connectivity index (χ3n) is 4.77. The maximum absolute atomic E-state index is 12.4. The molecule has 0 unspecified atom stereocenters. The number of piperidine rings is 1. The van der Waals surface area contributed by atoms with Gasteiger partial charge in [-0.1, -0.05) is 17.7 Å². The third kappa shape index (κ3) is 3.13. The first-order valence-electron chi connectivity index (χ1n) is 8.06. The summed E-state index contributed by atoms with van der Waals surface area (Å²) in [7, 11) is 0. The fraction of sp³-hybridized carbons (Fsp3) is 0.500. The molecule has 0 saturated carbocycles. The van der Waals surface area contributed by atoms with Crippen molar-refractivity contribution in [3.8, 4) is 0 Å². The number of aryl methyl sites for hydroxylation is 2. The van der Waals surface area contributed by atoms with Gasteiger partial charge in [-0.2, -0.15) is 0 Å². The van der Waals surface area contributed by atoms with Gasteiger partial charge < -0.3 is 10.0 Å². The van der Waals surface area contributed by atoms with Crippen molar-refractivity contribution in [2.45, 2.75) is 46.1 Å². The molecule has 6 nitrogen and oxygen atoms in total. The number of nitrogens with zero attached hydrogens (tertiary/aromatic N) is 2. The van der Waals surface area contributed by atoms with E-state index in [-0.39, 0.29) is 24.7 Å². The van der Waals surface area contributed by atoms with Crippen LogP contribution in [0.25, 0.3) is 0 Å². The van der Waals surface area contributed by atoms with Crippen LogP contribution < -0.4 is 4.90 Å². The van der Waals surface area contributed by atoms with Crippen LogP contribution in [0.1, 0.15) is 37.8 Å². The molecular formula is C18H24N2O4. The standard InChI is InChI=1S/C18H24N2O4/c1-12-5-6-16(13(2)11-12)20(15(4)22)18(17(23)24)7-9-19(10-8-18)14(3)21/h5-6,11H,7-10H2,1-4H3,(H,23,24). The molecule has 1 aromatic rings. The largest absolute Gasteiger partial charge is 0.479 e. The molecular weight excluding hydrogens is 308 g/mol. The number of carbonyl (C=O) groups excluding carboxylic acids is 2. The van der Waals surface area contributed by atoms with Crippen molar-refractivity contribution in [1.29, 1.82) is 0 Å². The van der Waals surface area contributed by atoms with Crippen LogP contribution in [-0.4, -0.2) is 46.4 Å². The highest BCUT2D eigenvalue weighted by atomic mass is 16.4. The lowest BCUT2D eigenvalue weighted by Gasteiger charge is -2.45. The van der Waals surface area contributed by atoms with E-state index in [2.05, 4.69) is 0 Å². The van der Waals surface area contributed by atoms with Gasteiger partial charge in [0.25, 0.3) is 0 Å². The normalized spacial score (nSPS) is 16.6. The molecule has 1 aliphatic rings. The molecule has 1 saturated heterocycles. The van der Waals surface area contributed by atoms with Crippen molar-refractivity contribution >= 4 is 23.5 Å². The monoisotopic (exact) mass is 332 g/mol. The molecule has 0 atom stereocenters. The van der Waals surface area contributed by atoms with E-state index in [0.29, 0.717) is 18.8 Å². The number of carbonyl (C=O) groups is 3. The second kappa shape index (κ2) is 6.63. The lowest BCUT2D eigenvalue weighted by atomic mass is 9.84. The zero-order valence-electron chi connectivity index (χ0n) is 14.6. The van der Waals surface area contributed by atoms with Gasteiger partial charge in [0, 0.05) is 32.6 Å². The van der Waals surface area contributed by atoms with Crippen molar-refractivity contribution in [2.24, 2.45) is 0 Å². The highest BCUT2D eigenvalue weighted by molar-refractivity contribution is 6.01. The Morgan fingerprint density at radius 3 is 2.12 bits per heavy atom. The van der Waals surface area contributed by atoms with Crippen LogP contribution in [0, 0.1) is 13.8 Å². The molecule has 0 aromatic heterocycles. The minimum Gasteiger partial charge on any atom is -0.479 e. The third-order valence-corrected chi connectivity index (χ3v) is 4.77. The van der Waals surface area contributed by atoms with Gasteiger partial charge in [-0.3, -0.25) is 14.5 Å². The summed E-state index contributed by atoms with van der Waals surface area (Å²) >= 11 is 0. The minimum absolute atomic E-state index is 0.0742. The molecule has 1 N–H and O–H groups in total. The van der Waals surface area contributed by atoms with Crippen molar-refractivity contribution < 1.29 is 19.5 Å². The Morgan fingerprint density at radius 2 is 1.71 bits per heavy atom. The van der Waals surface area contributed by atoms with Gasteiger partial charge in [0.1, 0.15) is 5.54 Å². The van der Waals surface area contributed by atoms with Crippen LogP contribution in [-0.2, 0) is 14.4 Å². The molecule has 0 spiro atoms. The van der Waals surface area contributed by atoms with Gasteiger partial charge in [-0.25, -0.2) is 4.79 Å². The van der Waals surface area contributed by atoms with Crippen LogP contribution in [0.15, 0.2) is 18.2 Å². The number of aliphatic carboxylic acids is 1. The summed E-state index contributed by atoms with van der Waals surface area (Å²) in [5.74, 6) is -1.41. The first-order chi connectivity index (χ1) is 11.2. The predicted molar refractivity (Wildman–Crippen MR) is 90.9 cm³/mol. The number of benzene rings is 1. The maximum Gasteiger partial charge on any atom is 0.330 e. The van der Waals surface area contributed by atoms with E-state index in [1.807, 2.05) is 26.0 Å². The highest BCUT2D eigenvalue weighted by Crippen LogP contribution is 2.36. The molecule has 1 fully saturated rings. The van der Waals surface area contributed by atoms with E-state index in [1.54, 1.807) is 11.0 Å². The average molecular weight is 332 g/mol. The highest BCUT2D eigenvalue weighted by Gasteiger charge is 2.49. The average Bonchev–Trinajstić information content (AvgIpc) is 2.49. The summed E-state index contributed by atoms with van der Waals surface area (Å²) in [5, 5.41) is 9.94. The minimum atomic E-state index is -1.32. The summed E-state index contributed by atoms with van der Waals surface area (Å²) in [6.45, 7) is 7.35. The van der Waals surface area contributed by atoms with E-state index in [0.717, 1.165) is 11.1 Å². The SMILES string of the molecule is CC(=O)N1CCC(C(=O)O)(N(C(C)=O)c2ccc(C)cc2C)CC1. The Bertz CT molecular complexity index is 676. The molecule has 1 heterocycles. The lowest BCUT2D eigenvalue weighted by molar-refractivity contribution is -0.149. The molecule has 0 bridgehead atoms. The first-order valence-corrected chi connectivity index (χ1v) is 8.06. The van der Waals surface area contributed by atoms with Gasteiger partial charge in [0.2, 0.25) is 11.8 Å². The number of rotatable bonds is 3. The molecule has 24 heavy (non-hydrogen) atoms. The molecule has 2 rings (SSSR count). The Hall–Kier alpha value is -2.37. The van der Waals surface area contributed by atoms with E-state index >= 15 is 0 Å². The molecule has 130 valence electrons. The summed E-state index contributed by atoms with van der Waals surface area (Å²) in [5.41, 5.74) is 1.21. The molecule has 0 radical (unpaired) electrons. The Kier molecular flexibility index (Phi) is 4.96. The van der Waals surface area contributed by atoms with Gasteiger partial charge in [-0.05, 0) is 38.3 Å². The van der Waals surface area contributed by atoms with Crippen molar-refractivity contribution in [3.05, 3.63) is 29.3 Å². The summed E-state index contributed by atoms with van der Waals surface area (Å²) in [4.78, 5) is 39.1. The molecule has 2 amide bonds. The number of amides is 2. The quantitative estimate of drug-likeness (QED) is 0.920. The van der Waals surface area contributed by atoms with E-state index in [4.69, 9.17) is 0 Å². The fourth-order valence-corrected chi connectivity index (χ4v) is 3.48. The zero-order chi connectivity index (χ0) is 18.1. The first kappa shape index (κ1) is 18.0. The molecule has 1 aliphatic heterocycles. The smallest absolute Gasteiger partial charge is 0.330 e. The Labute approximate surface area is 142 Å². The topological polar surface area (TPSA) is 77.9 Å². The maximum atomic E-state index is 12.4. The zero-order valence-corrected chi connectivity index (χ0v) is 14.6. The van der Waals surface area contributed by atoms with E-state index in [9.17, 15) is 19.5 Å². The van der Waals surface area contributed by atoms with Crippen molar-refractivity contribution in [3.63, 3.8) is 0 Å². The molecule has 6 heteroatoms. The van der Waals surface area contributed by atoms with Crippen LogP contribution in [0.2, 0.25) is 0 Å². The van der Waals surface area contributed by atoms with Crippen LogP contribution in [0.4, 0.5) is 5.69 Å². The second-order valence-electron chi connectivity index (χ2n) is 6.49. The predicted octanol–water partition coefficient (Wildman–Crippen LogP) is 2.12. The number of hydrogen-bond donors (Lipinski definition) is 1. The van der Waals surface area contributed by atoms with Gasteiger partial charge >= 0.3 is 5.97 Å². The van der Waals surface area contributed by atoms with Crippen LogP contribution in [0.3, 0.4) is 0 Å². The van der Waals surface area contributed by atoms with Crippen LogP contribution >= 0.6 is 0 Å². The number of likely N-dealkylation sites (tertiary alicyclic amines) is 1. The number of carboxylic acid groups (broad SMARTS) is 1. The number of carboxylic acids is 1. The molecule has 0 aliphatic carbocycles.